The third-order valence-electron chi connectivity index (χ3n) is 4.35. The second-order valence-corrected chi connectivity index (χ2v) is 7.01. The van der Waals surface area contributed by atoms with E-state index in [0.29, 0.717) is 6.07 Å². The second kappa shape index (κ2) is 8.81. The lowest BCUT2D eigenvalue weighted by Gasteiger charge is -2.20. The van der Waals surface area contributed by atoms with Crippen molar-refractivity contribution in [3.63, 3.8) is 0 Å². The van der Waals surface area contributed by atoms with Crippen LogP contribution in [0.25, 0.3) is 0 Å². The van der Waals surface area contributed by atoms with E-state index in [1.807, 2.05) is 0 Å². The molecule has 1 amide bonds. The SMILES string of the molecule is Cc1noc(C)c1C(=O)O[C@@H](C(=O)Nc1ccc(Cl)cc1C(F)(F)F)c1ccccc1. The van der Waals surface area contributed by atoms with E-state index in [1.165, 1.54) is 32.0 Å². The van der Waals surface area contributed by atoms with Gasteiger partial charge in [-0.1, -0.05) is 47.1 Å². The number of hydrogen-bond donors (Lipinski definition) is 1. The third kappa shape index (κ3) is 5.05. The van der Waals surface area contributed by atoms with Crippen molar-refractivity contribution in [1.29, 1.82) is 0 Å². The fourth-order valence-corrected chi connectivity index (χ4v) is 3.07. The van der Waals surface area contributed by atoms with Crippen molar-refractivity contribution in [2.75, 3.05) is 5.32 Å². The molecule has 0 spiro atoms. The quantitative estimate of drug-likeness (QED) is 0.517. The molecule has 162 valence electrons. The minimum absolute atomic E-state index is 0.0382. The number of ether oxygens (including phenoxy) is 1. The number of halogens is 4. The van der Waals surface area contributed by atoms with Gasteiger partial charge in [-0.3, -0.25) is 4.79 Å². The van der Waals surface area contributed by atoms with Crippen LogP contribution in [-0.4, -0.2) is 17.0 Å². The average Bonchev–Trinajstić information content (AvgIpc) is 3.05. The summed E-state index contributed by atoms with van der Waals surface area (Å²) in [7, 11) is 0. The summed E-state index contributed by atoms with van der Waals surface area (Å²) in [6.07, 6.45) is -6.29. The molecule has 0 radical (unpaired) electrons. The van der Waals surface area contributed by atoms with Gasteiger partial charge >= 0.3 is 12.1 Å². The van der Waals surface area contributed by atoms with E-state index >= 15 is 0 Å². The van der Waals surface area contributed by atoms with Crippen LogP contribution >= 0.6 is 11.6 Å². The van der Waals surface area contributed by atoms with Gasteiger partial charge in [0, 0.05) is 10.6 Å². The predicted octanol–water partition coefficient (Wildman–Crippen LogP) is 5.50. The topological polar surface area (TPSA) is 81.4 Å². The van der Waals surface area contributed by atoms with Crippen molar-refractivity contribution in [3.05, 3.63) is 81.7 Å². The zero-order valence-corrected chi connectivity index (χ0v) is 17.0. The Balaban J connectivity index is 1.94. The van der Waals surface area contributed by atoms with Crippen molar-refractivity contribution in [1.82, 2.24) is 5.16 Å². The van der Waals surface area contributed by atoms with E-state index in [2.05, 4.69) is 10.5 Å². The molecular formula is C21H16ClF3N2O4. The van der Waals surface area contributed by atoms with Gasteiger partial charge in [-0.25, -0.2) is 4.79 Å². The lowest BCUT2D eigenvalue weighted by atomic mass is 10.1. The number of nitrogens with zero attached hydrogens (tertiary/aromatic N) is 1. The van der Waals surface area contributed by atoms with Crippen LogP contribution in [0.4, 0.5) is 18.9 Å². The van der Waals surface area contributed by atoms with Crippen LogP contribution in [0.3, 0.4) is 0 Å². The average molecular weight is 453 g/mol. The Bertz CT molecular complexity index is 1090. The Kier molecular flexibility index (Phi) is 6.35. The van der Waals surface area contributed by atoms with Crippen LogP contribution in [0.5, 0.6) is 0 Å². The lowest BCUT2D eigenvalue weighted by molar-refractivity contribution is -0.137. The van der Waals surface area contributed by atoms with Crippen LogP contribution in [0.1, 0.15) is 39.0 Å². The summed E-state index contributed by atoms with van der Waals surface area (Å²) in [5.74, 6) is -1.68. The normalized spacial score (nSPS) is 12.3. The highest BCUT2D eigenvalue weighted by Crippen LogP contribution is 2.37. The molecule has 3 rings (SSSR count). The summed E-state index contributed by atoms with van der Waals surface area (Å²) >= 11 is 5.68. The molecule has 3 aromatic rings. The van der Waals surface area contributed by atoms with Crippen LogP contribution in [0.15, 0.2) is 53.1 Å². The third-order valence-corrected chi connectivity index (χ3v) is 4.58. The van der Waals surface area contributed by atoms with Crippen molar-refractivity contribution >= 4 is 29.2 Å². The Hall–Kier alpha value is -3.33. The number of alkyl halides is 3. The number of benzene rings is 2. The Morgan fingerprint density at radius 3 is 2.39 bits per heavy atom. The Labute approximate surface area is 179 Å². The van der Waals surface area contributed by atoms with Gasteiger partial charge in [0.15, 0.2) is 0 Å². The number of carbonyl (C=O) groups excluding carboxylic acids is 2. The number of aryl methyl sites for hydroxylation is 2. The minimum Gasteiger partial charge on any atom is -0.444 e. The van der Waals surface area contributed by atoms with Gasteiger partial charge in [0.05, 0.1) is 16.9 Å². The molecule has 0 unspecified atom stereocenters. The van der Waals surface area contributed by atoms with E-state index in [-0.39, 0.29) is 27.6 Å². The molecule has 31 heavy (non-hydrogen) atoms. The zero-order valence-electron chi connectivity index (χ0n) is 16.3. The molecule has 1 aromatic heterocycles. The van der Waals surface area contributed by atoms with Crippen molar-refractivity contribution < 1.29 is 32.0 Å². The van der Waals surface area contributed by atoms with E-state index in [0.717, 1.165) is 6.07 Å². The molecule has 10 heteroatoms. The number of amides is 1. The van der Waals surface area contributed by atoms with E-state index in [4.69, 9.17) is 20.9 Å². The molecule has 1 N–H and O–H groups in total. The molecule has 6 nitrogen and oxygen atoms in total. The van der Waals surface area contributed by atoms with Gasteiger partial charge in [-0.15, -0.1) is 0 Å². The highest BCUT2D eigenvalue weighted by Gasteiger charge is 2.36. The standard InChI is InChI=1S/C21H16ClF3N2O4/c1-11-17(12(2)31-27-11)20(29)30-18(13-6-4-3-5-7-13)19(28)26-16-9-8-14(22)10-15(16)21(23,24)25/h3-10,18H,1-2H3,(H,26,28)/t18-/m1/s1. The molecule has 0 aliphatic heterocycles. The molecule has 0 saturated carbocycles. The predicted molar refractivity (Wildman–Crippen MR) is 106 cm³/mol. The minimum atomic E-state index is -4.76. The molecule has 0 bridgehead atoms. The van der Waals surface area contributed by atoms with Gasteiger partial charge in [0.2, 0.25) is 6.10 Å². The highest BCUT2D eigenvalue weighted by molar-refractivity contribution is 6.30. The number of rotatable bonds is 5. The maximum Gasteiger partial charge on any atom is 0.418 e. The molecule has 1 atom stereocenters. The second-order valence-electron chi connectivity index (χ2n) is 6.57. The summed E-state index contributed by atoms with van der Waals surface area (Å²) < 4.78 is 50.4. The summed E-state index contributed by atoms with van der Waals surface area (Å²) in [4.78, 5) is 25.6. The molecule has 0 aliphatic carbocycles. The maximum atomic E-state index is 13.4. The van der Waals surface area contributed by atoms with E-state index in [9.17, 15) is 22.8 Å². The smallest absolute Gasteiger partial charge is 0.418 e. The van der Waals surface area contributed by atoms with Crippen LogP contribution < -0.4 is 5.32 Å². The molecule has 1 heterocycles. The van der Waals surface area contributed by atoms with Gasteiger partial charge in [-0.2, -0.15) is 13.2 Å². The number of esters is 1. The van der Waals surface area contributed by atoms with Crippen molar-refractivity contribution in [2.45, 2.75) is 26.1 Å². The highest BCUT2D eigenvalue weighted by atomic mass is 35.5. The number of carbonyl (C=O) groups is 2. The zero-order chi connectivity index (χ0) is 22.8. The maximum absolute atomic E-state index is 13.4. The molecule has 0 saturated heterocycles. The summed E-state index contributed by atoms with van der Waals surface area (Å²) in [5, 5.41) is 5.71. The summed E-state index contributed by atoms with van der Waals surface area (Å²) in [5.41, 5.74) is -1.08. The van der Waals surface area contributed by atoms with E-state index in [1.54, 1.807) is 18.2 Å². The number of anilines is 1. The fourth-order valence-electron chi connectivity index (χ4n) is 2.90. The first-order valence-corrected chi connectivity index (χ1v) is 9.32. The molecular weight excluding hydrogens is 437 g/mol. The summed E-state index contributed by atoms with van der Waals surface area (Å²) in [6, 6.07) is 10.8. The molecule has 0 fully saturated rings. The first kappa shape index (κ1) is 22.4. The van der Waals surface area contributed by atoms with Gasteiger partial charge in [0.25, 0.3) is 5.91 Å². The van der Waals surface area contributed by atoms with Crippen LogP contribution in [-0.2, 0) is 15.7 Å². The van der Waals surface area contributed by atoms with Crippen molar-refractivity contribution in [2.24, 2.45) is 0 Å². The molecule has 0 aliphatic rings. The van der Waals surface area contributed by atoms with Crippen LogP contribution in [0, 0.1) is 13.8 Å². The fraction of sp³-hybridized carbons (Fsp3) is 0.190. The Morgan fingerprint density at radius 1 is 1.13 bits per heavy atom. The van der Waals surface area contributed by atoms with Crippen LogP contribution in [0.2, 0.25) is 5.02 Å². The summed E-state index contributed by atoms with van der Waals surface area (Å²) in [6.45, 7) is 3.02. The molecule has 2 aromatic carbocycles. The Morgan fingerprint density at radius 2 is 1.81 bits per heavy atom. The van der Waals surface area contributed by atoms with Crippen molar-refractivity contribution in [3.8, 4) is 0 Å². The monoisotopic (exact) mass is 452 g/mol. The first-order chi connectivity index (χ1) is 14.6. The lowest BCUT2D eigenvalue weighted by Crippen LogP contribution is -2.27. The number of aromatic nitrogens is 1. The first-order valence-electron chi connectivity index (χ1n) is 8.94. The van der Waals surface area contributed by atoms with E-state index < -0.39 is 35.4 Å². The van der Waals surface area contributed by atoms with Gasteiger partial charge in [0.1, 0.15) is 11.3 Å². The largest absolute Gasteiger partial charge is 0.444 e. The number of nitrogens with one attached hydrogen (secondary N) is 1. The van der Waals surface area contributed by atoms with Gasteiger partial charge < -0.3 is 14.6 Å². The number of hydrogen-bond acceptors (Lipinski definition) is 5. The van der Waals surface area contributed by atoms with Gasteiger partial charge in [-0.05, 0) is 32.0 Å².